The van der Waals surface area contributed by atoms with Gasteiger partial charge >= 0.3 is 0 Å². The van der Waals surface area contributed by atoms with Gasteiger partial charge in [-0.3, -0.25) is 0 Å². The normalized spacial score (nSPS) is 36.2. The minimum atomic E-state index is -0.489. The molecule has 0 amide bonds. The number of methoxy groups -OCH3 is 5. The molecule has 5 atom stereocenters. The van der Waals surface area contributed by atoms with E-state index in [0.29, 0.717) is 6.61 Å². The molecule has 1 heterocycles. The van der Waals surface area contributed by atoms with Gasteiger partial charge in [0.1, 0.15) is 24.4 Å². The summed E-state index contributed by atoms with van der Waals surface area (Å²) in [5.74, 6) is 0. The number of rotatable bonds is 6. The maximum atomic E-state index is 5.74. The van der Waals surface area contributed by atoms with Gasteiger partial charge in [-0.15, -0.1) is 0 Å². The third-order valence-corrected chi connectivity index (χ3v) is 2.97. The standard InChI is InChI=1S/C11H22O6.CH4/c1-12-6-7-8(13-2)9(14-3)10(15-4)11(16-5)17-7;/h7-11H,6H2,1-5H3;1H4. The van der Waals surface area contributed by atoms with Crippen LogP contribution in [0.15, 0.2) is 0 Å². The van der Waals surface area contributed by atoms with Crippen LogP contribution in [-0.2, 0) is 28.4 Å². The molecule has 0 N–H and O–H groups in total. The summed E-state index contributed by atoms with van der Waals surface area (Å²) in [4.78, 5) is 0. The zero-order valence-electron chi connectivity index (χ0n) is 11.0. The third-order valence-electron chi connectivity index (χ3n) is 2.97. The summed E-state index contributed by atoms with van der Waals surface area (Å²) in [6.07, 6.45) is -1.58. The summed E-state index contributed by atoms with van der Waals surface area (Å²) in [6.45, 7) is 0.411. The first-order valence-electron chi connectivity index (χ1n) is 5.49. The van der Waals surface area contributed by atoms with Crippen molar-refractivity contribution in [3.63, 3.8) is 0 Å². The Morgan fingerprint density at radius 3 is 1.72 bits per heavy atom. The second kappa shape index (κ2) is 8.79. The predicted molar refractivity (Wildman–Crippen MR) is 66.7 cm³/mol. The zero-order chi connectivity index (χ0) is 12.8. The molecule has 110 valence electrons. The van der Waals surface area contributed by atoms with Gasteiger partial charge in [-0.05, 0) is 0 Å². The van der Waals surface area contributed by atoms with Crippen LogP contribution in [0.25, 0.3) is 0 Å². The van der Waals surface area contributed by atoms with Crippen LogP contribution in [0.5, 0.6) is 0 Å². The van der Waals surface area contributed by atoms with Crippen LogP contribution in [0.4, 0.5) is 0 Å². The molecule has 5 unspecified atom stereocenters. The van der Waals surface area contributed by atoms with E-state index in [4.69, 9.17) is 28.4 Å². The van der Waals surface area contributed by atoms with Crippen LogP contribution < -0.4 is 0 Å². The Bertz CT molecular complexity index is 213. The van der Waals surface area contributed by atoms with Crippen LogP contribution in [0, 0.1) is 0 Å². The minimum absolute atomic E-state index is 0. The van der Waals surface area contributed by atoms with Gasteiger partial charge < -0.3 is 28.4 Å². The highest BCUT2D eigenvalue weighted by Gasteiger charge is 2.47. The van der Waals surface area contributed by atoms with Gasteiger partial charge in [0, 0.05) is 35.5 Å². The molecule has 1 aliphatic rings. The molecule has 6 heteroatoms. The average molecular weight is 266 g/mol. The Morgan fingerprint density at radius 1 is 0.778 bits per heavy atom. The van der Waals surface area contributed by atoms with E-state index in [2.05, 4.69) is 0 Å². The van der Waals surface area contributed by atoms with Crippen molar-refractivity contribution in [1.82, 2.24) is 0 Å². The first-order chi connectivity index (χ1) is 8.23. The summed E-state index contributed by atoms with van der Waals surface area (Å²) in [7, 11) is 8.01. The van der Waals surface area contributed by atoms with Gasteiger partial charge in [-0.25, -0.2) is 0 Å². The zero-order valence-corrected chi connectivity index (χ0v) is 11.0. The number of hydrogen-bond acceptors (Lipinski definition) is 6. The van der Waals surface area contributed by atoms with Crippen LogP contribution >= 0.6 is 0 Å². The molecule has 1 fully saturated rings. The summed E-state index contributed by atoms with van der Waals surface area (Å²) < 4.78 is 32.3. The fraction of sp³-hybridized carbons (Fsp3) is 1.00. The average Bonchev–Trinajstić information content (AvgIpc) is 2.37. The van der Waals surface area contributed by atoms with E-state index in [1.54, 1.807) is 35.5 Å². The highest BCUT2D eigenvalue weighted by Crippen LogP contribution is 2.27. The molecule has 0 aromatic heterocycles. The Kier molecular flexibility index (Phi) is 8.67. The summed E-state index contributed by atoms with van der Waals surface area (Å²) >= 11 is 0. The summed E-state index contributed by atoms with van der Waals surface area (Å²) in [5, 5.41) is 0. The molecule has 0 aromatic rings. The highest BCUT2D eigenvalue weighted by molar-refractivity contribution is 4.92. The first kappa shape index (κ1) is 17.8. The summed E-state index contributed by atoms with van der Waals surface area (Å²) in [6, 6.07) is 0. The van der Waals surface area contributed by atoms with Crippen LogP contribution in [-0.4, -0.2) is 72.9 Å². The van der Waals surface area contributed by atoms with Crippen LogP contribution in [0.1, 0.15) is 7.43 Å². The molecule has 1 rings (SSSR count). The first-order valence-corrected chi connectivity index (χ1v) is 5.49. The van der Waals surface area contributed by atoms with Crippen LogP contribution in [0.3, 0.4) is 0 Å². The molecular formula is C12H26O6. The van der Waals surface area contributed by atoms with Crippen molar-refractivity contribution in [3.05, 3.63) is 0 Å². The smallest absolute Gasteiger partial charge is 0.186 e. The van der Waals surface area contributed by atoms with E-state index in [1.807, 2.05) is 0 Å². The lowest BCUT2D eigenvalue weighted by Gasteiger charge is -2.44. The van der Waals surface area contributed by atoms with Gasteiger partial charge in [-0.1, -0.05) is 7.43 Å². The van der Waals surface area contributed by atoms with Crippen molar-refractivity contribution in [2.24, 2.45) is 0 Å². The highest BCUT2D eigenvalue weighted by atomic mass is 16.7. The Hall–Kier alpha value is -0.240. The lowest BCUT2D eigenvalue weighted by molar-refractivity contribution is -0.307. The lowest BCUT2D eigenvalue weighted by atomic mass is 9.98. The molecule has 0 bridgehead atoms. The minimum Gasteiger partial charge on any atom is -0.382 e. The second-order valence-electron chi connectivity index (χ2n) is 3.83. The van der Waals surface area contributed by atoms with Gasteiger partial charge in [0.15, 0.2) is 6.29 Å². The molecule has 0 spiro atoms. The SMILES string of the molecule is C.COCC1OC(OC)C(OC)C(OC)C1OC. The van der Waals surface area contributed by atoms with Crippen molar-refractivity contribution >= 4 is 0 Å². The maximum Gasteiger partial charge on any atom is 0.186 e. The Labute approximate surface area is 109 Å². The van der Waals surface area contributed by atoms with Crippen molar-refractivity contribution in [2.45, 2.75) is 38.1 Å². The topological polar surface area (TPSA) is 55.4 Å². The van der Waals surface area contributed by atoms with E-state index in [9.17, 15) is 0 Å². The van der Waals surface area contributed by atoms with Crippen molar-refractivity contribution in [3.8, 4) is 0 Å². The van der Waals surface area contributed by atoms with Crippen molar-refractivity contribution in [1.29, 1.82) is 0 Å². The van der Waals surface area contributed by atoms with Gasteiger partial charge in [0.25, 0.3) is 0 Å². The van der Waals surface area contributed by atoms with E-state index < -0.39 is 6.29 Å². The number of hydrogen-bond donors (Lipinski definition) is 0. The third kappa shape index (κ3) is 3.63. The van der Waals surface area contributed by atoms with E-state index >= 15 is 0 Å². The Balaban J connectivity index is 0.00000289. The largest absolute Gasteiger partial charge is 0.382 e. The van der Waals surface area contributed by atoms with E-state index in [1.165, 1.54) is 0 Å². The van der Waals surface area contributed by atoms with Gasteiger partial charge in [0.05, 0.1) is 6.61 Å². The Morgan fingerprint density at radius 2 is 1.33 bits per heavy atom. The molecule has 0 aromatic carbocycles. The van der Waals surface area contributed by atoms with Gasteiger partial charge in [0.2, 0.25) is 0 Å². The fourth-order valence-corrected chi connectivity index (χ4v) is 2.17. The second-order valence-corrected chi connectivity index (χ2v) is 3.83. The predicted octanol–water partition coefficient (Wildman–Crippen LogP) is 0.685. The molecule has 0 aliphatic carbocycles. The van der Waals surface area contributed by atoms with Crippen LogP contribution in [0.2, 0.25) is 0 Å². The molecule has 0 radical (unpaired) electrons. The maximum absolute atomic E-state index is 5.74. The molecular weight excluding hydrogens is 240 g/mol. The van der Waals surface area contributed by atoms with E-state index in [-0.39, 0.29) is 31.8 Å². The molecule has 18 heavy (non-hydrogen) atoms. The van der Waals surface area contributed by atoms with Crippen molar-refractivity contribution in [2.75, 3.05) is 42.2 Å². The molecule has 1 saturated heterocycles. The van der Waals surface area contributed by atoms with Crippen molar-refractivity contribution < 1.29 is 28.4 Å². The molecule has 1 aliphatic heterocycles. The quantitative estimate of drug-likeness (QED) is 0.705. The lowest BCUT2D eigenvalue weighted by Crippen LogP contribution is -2.61. The summed E-state index contributed by atoms with van der Waals surface area (Å²) in [5.41, 5.74) is 0. The van der Waals surface area contributed by atoms with E-state index in [0.717, 1.165) is 0 Å². The molecule has 6 nitrogen and oxygen atoms in total. The fourth-order valence-electron chi connectivity index (χ4n) is 2.17. The van der Waals surface area contributed by atoms with Gasteiger partial charge in [-0.2, -0.15) is 0 Å². The monoisotopic (exact) mass is 266 g/mol. The molecule has 0 saturated carbocycles. The number of ether oxygens (including phenoxy) is 6.